The van der Waals surface area contributed by atoms with Gasteiger partial charge in [-0.15, -0.1) is 0 Å². The van der Waals surface area contributed by atoms with Crippen LogP contribution in [0.4, 0.5) is 5.69 Å². The summed E-state index contributed by atoms with van der Waals surface area (Å²) in [5.74, 6) is 0. The second kappa shape index (κ2) is 6.34. The summed E-state index contributed by atoms with van der Waals surface area (Å²) in [6.07, 6.45) is 1.89. The summed E-state index contributed by atoms with van der Waals surface area (Å²) in [7, 11) is -3.56. The number of hydrogen-bond donors (Lipinski definition) is 2. The molecule has 0 aliphatic carbocycles. The molecule has 21 heavy (non-hydrogen) atoms. The Kier molecular flexibility index (Phi) is 4.91. The topological polar surface area (TPSA) is 75.4 Å². The Morgan fingerprint density at radius 2 is 2.00 bits per heavy atom. The molecule has 1 saturated heterocycles. The molecule has 1 aromatic carbocycles. The van der Waals surface area contributed by atoms with Gasteiger partial charge in [0.15, 0.2) is 0 Å². The van der Waals surface area contributed by atoms with Crippen LogP contribution in [0, 0.1) is 13.8 Å². The van der Waals surface area contributed by atoms with E-state index in [2.05, 4.69) is 16.5 Å². The maximum absolute atomic E-state index is 12.6. The first-order chi connectivity index (χ1) is 9.83. The van der Waals surface area contributed by atoms with Crippen molar-refractivity contribution in [2.75, 3.05) is 25.4 Å². The fourth-order valence-electron chi connectivity index (χ4n) is 2.77. The van der Waals surface area contributed by atoms with Gasteiger partial charge in [-0.05, 0) is 63.0 Å². The number of likely N-dealkylation sites (N-methyl/N-ethyl adjacent to an activating group) is 1. The van der Waals surface area contributed by atoms with Gasteiger partial charge >= 0.3 is 0 Å². The van der Waals surface area contributed by atoms with E-state index in [1.807, 2.05) is 13.8 Å². The van der Waals surface area contributed by atoms with Crippen LogP contribution >= 0.6 is 0 Å². The predicted octanol–water partition coefficient (Wildman–Crippen LogP) is 1.65. The highest BCUT2D eigenvalue weighted by molar-refractivity contribution is 7.89. The smallest absolute Gasteiger partial charge is 0.242 e. The van der Waals surface area contributed by atoms with Gasteiger partial charge in [-0.1, -0.05) is 6.92 Å². The number of nitrogens with one attached hydrogen (secondary N) is 1. The Bertz CT molecular complexity index is 614. The van der Waals surface area contributed by atoms with E-state index in [0.29, 0.717) is 5.69 Å². The molecule has 0 spiro atoms. The van der Waals surface area contributed by atoms with Gasteiger partial charge in [-0.3, -0.25) is 0 Å². The monoisotopic (exact) mass is 311 g/mol. The number of likely N-dealkylation sites (tertiary alicyclic amines) is 1. The van der Waals surface area contributed by atoms with Gasteiger partial charge in [0.05, 0.1) is 5.69 Å². The highest BCUT2D eigenvalue weighted by Gasteiger charge is 2.26. The van der Waals surface area contributed by atoms with E-state index in [4.69, 9.17) is 5.73 Å². The summed E-state index contributed by atoms with van der Waals surface area (Å²) < 4.78 is 28.0. The normalized spacial score (nSPS) is 20.6. The number of nitrogens with two attached hydrogens (primary N) is 1. The zero-order valence-electron chi connectivity index (χ0n) is 13.0. The molecular formula is C15H25N3O2S. The second-order valence-corrected chi connectivity index (χ2v) is 7.51. The molecule has 5 nitrogen and oxygen atoms in total. The van der Waals surface area contributed by atoms with Crippen LogP contribution in [0.15, 0.2) is 17.0 Å². The molecule has 2 rings (SSSR count). The number of nitrogen functional groups attached to an aromatic ring is 1. The van der Waals surface area contributed by atoms with E-state index in [1.54, 1.807) is 12.1 Å². The largest absolute Gasteiger partial charge is 0.398 e. The van der Waals surface area contributed by atoms with Crippen LogP contribution in [0.3, 0.4) is 0 Å². The summed E-state index contributed by atoms with van der Waals surface area (Å²) in [6, 6.07) is 3.35. The molecule has 1 atom stereocenters. The van der Waals surface area contributed by atoms with Crippen molar-refractivity contribution < 1.29 is 8.42 Å². The van der Waals surface area contributed by atoms with E-state index in [1.165, 1.54) is 0 Å². The molecule has 118 valence electrons. The third-order valence-corrected chi connectivity index (χ3v) is 5.77. The van der Waals surface area contributed by atoms with Crippen LogP contribution in [0.25, 0.3) is 0 Å². The number of nitrogens with zero attached hydrogens (tertiary/aromatic N) is 1. The lowest BCUT2D eigenvalue weighted by Gasteiger charge is -2.32. The van der Waals surface area contributed by atoms with Crippen LogP contribution in [0.2, 0.25) is 0 Å². The molecule has 1 fully saturated rings. The zero-order chi connectivity index (χ0) is 15.6. The van der Waals surface area contributed by atoms with Crippen molar-refractivity contribution in [2.45, 2.75) is 44.6 Å². The molecule has 1 aliphatic heterocycles. The summed E-state index contributed by atoms with van der Waals surface area (Å²) in [4.78, 5) is 2.46. The van der Waals surface area contributed by atoms with Gasteiger partial charge in [-0.2, -0.15) is 0 Å². The SMILES string of the molecule is CCN1CCCC(NS(=O)(=O)c2cc(C)c(C)cc2N)C1. The molecule has 0 bridgehead atoms. The summed E-state index contributed by atoms with van der Waals surface area (Å²) in [5.41, 5.74) is 8.15. The van der Waals surface area contributed by atoms with Crippen LogP contribution in [-0.2, 0) is 10.0 Å². The first kappa shape index (κ1) is 16.3. The maximum atomic E-state index is 12.6. The quantitative estimate of drug-likeness (QED) is 0.829. The summed E-state index contributed by atoms with van der Waals surface area (Å²) in [6.45, 7) is 8.67. The van der Waals surface area contributed by atoms with E-state index in [9.17, 15) is 8.42 Å². The fourth-order valence-corrected chi connectivity index (χ4v) is 4.23. The number of benzene rings is 1. The number of anilines is 1. The Hall–Kier alpha value is -1.11. The first-order valence-electron chi connectivity index (χ1n) is 7.45. The predicted molar refractivity (Wildman–Crippen MR) is 85.8 cm³/mol. The van der Waals surface area contributed by atoms with Gasteiger partial charge in [0.2, 0.25) is 10.0 Å². The molecule has 6 heteroatoms. The minimum Gasteiger partial charge on any atom is -0.398 e. The average Bonchev–Trinajstić information content (AvgIpc) is 2.42. The number of aryl methyl sites for hydroxylation is 2. The fraction of sp³-hybridized carbons (Fsp3) is 0.600. The third-order valence-electron chi connectivity index (χ3n) is 4.19. The molecule has 1 heterocycles. The summed E-state index contributed by atoms with van der Waals surface area (Å²) in [5, 5.41) is 0. The third kappa shape index (κ3) is 3.75. The van der Waals surface area contributed by atoms with Crippen LogP contribution in [0.5, 0.6) is 0 Å². The van der Waals surface area contributed by atoms with Crippen molar-refractivity contribution in [3.05, 3.63) is 23.3 Å². The Labute approximate surface area is 127 Å². The van der Waals surface area contributed by atoms with Crippen LogP contribution in [-0.4, -0.2) is 39.0 Å². The van der Waals surface area contributed by atoms with Crippen molar-refractivity contribution in [1.82, 2.24) is 9.62 Å². The Balaban J connectivity index is 2.20. The van der Waals surface area contributed by atoms with Gasteiger partial charge in [-0.25, -0.2) is 13.1 Å². The van der Waals surface area contributed by atoms with E-state index >= 15 is 0 Å². The number of piperidine rings is 1. The lowest BCUT2D eigenvalue weighted by atomic mass is 10.1. The average molecular weight is 311 g/mol. The van der Waals surface area contributed by atoms with Gasteiger partial charge in [0.1, 0.15) is 4.90 Å². The highest BCUT2D eigenvalue weighted by Crippen LogP contribution is 2.23. The Morgan fingerprint density at radius 1 is 1.33 bits per heavy atom. The Morgan fingerprint density at radius 3 is 2.67 bits per heavy atom. The standard InChI is InChI=1S/C15H25N3O2S/c1-4-18-7-5-6-13(10-18)17-21(19,20)15-9-12(3)11(2)8-14(15)16/h8-9,13,17H,4-7,10,16H2,1-3H3. The second-order valence-electron chi connectivity index (χ2n) is 5.83. The molecule has 1 aliphatic rings. The van der Waals surface area contributed by atoms with Gasteiger partial charge < -0.3 is 10.6 Å². The molecule has 0 amide bonds. The van der Waals surface area contributed by atoms with Crippen molar-refractivity contribution in [3.63, 3.8) is 0 Å². The number of hydrogen-bond acceptors (Lipinski definition) is 4. The summed E-state index contributed by atoms with van der Waals surface area (Å²) >= 11 is 0. The van der Waals surface area contributed by atoms with E-state index < -0.39 is 10.0 Å². The molecule has 0 radical (unpaired) electrons. The molecule has 0 saturated carbocycles. The van der Waals surface area contributed by atoms with Crippen molar-refractivity contribution in [2.24, 2.45) is 0 Å². The number of sulfonamides is 1. The minimum atomic E-state index is -3.56. The lowest BCUT2D eigenvalue weighted by molar-refractivity contribution is 0.211. The first-order valence-corrected chi connectivity index (χ1v) is 8.93. The minimum absolute atomic E-state index is 0.0373. The van der Waals surface area contributed by atoms with Crippen molar-refractivity contribution in [1.29, 1.82) is 0 Å². The van der Waals surface area contributed by atoms with E-state index in [0.717, 1.165) is 43.6 Å². The lowest BCUT2D eigenvalue weighted by Crippen LogP contribution is -2.47. The van der Waals surface area contributed by atoms with E-state index in [-0.39, 0.29) is 10.9 Å². The highest BCUT2D eigenvalue weighted by atomic mass is 32.2. The van der Waals surface area contributed by atoms with Crippen molar-refractivity contribution >= 4 is 15.7 Å². The molecule has 1 aromatic rings. The molecule has 0 aromatic heterocycles. The molecular weight excluding hydrogens is 286 g/mol. The van der Waals surface area contributed by atoms with Gasteiger partial charge in [0, 0.05) is 12.6 Å². The van der Waals surface area contributed by atoms with Gasteiger partial charge in [0.25, 0.3) is 0 Å². The molecule has 3 N–H and O–H groups in total. The van der Waals surface area contributed by atoms with Crippen LogP contribution in [0.1, 0.15) is 30.9 Å². The molecule has 1 unspecified atom stereocenters. The van der Waals surface area contributed by atoms with Crippen LogP contribution < -0.4 is 10.5 Å². The van der Waals surface area contributed by atoms with Crippen molar-refractivity contribution in [3.8, 4) is 0 Å². The number of rotatable bonds is 4. The zero-order valence-corrected chi connectivity index (χ0v) is 13.8. The maximum Gasteiger partial charge on any atom is 0.242 e.